The first-order chi connectivity index (χ1) is 12.0. The first-order valence-corrected chi connectivity index (χ1v) is 9.11. The van der Waals surface area contributed by atoms with Crippen LogP contribution in [-0.2, 0) is 21.2 Å². The maximum atomic E-state index is 12.2. The summed E-state index contributed by atoms with van der Waals surface area (Å²) < 4.78 is 36.9. The highest BCUT2D eigenvalue weighted by Crippen LogP contribution is 2.26. The highest BCUT2D eigenvalue weighted by molar-refractivity contribution is 7.90. The smallest absolute Gasteiger partial charge is 0.264 e. The maximum absolute atomic E-state index is 12.2. The van der Waals surface area contributed by atoms with E-state index in [0.717, 1.165) is 23.3 Å². The first-order valence-electron chi connectivity index (χ1n) is 7.62. The minimum Gasteiger partial charge on any atom is -0.497 e. The summed E-state index contributed by atoms with van der Waals surface area (Å²) in [5, 5.41) is 0. The Morgan fingerprint density at radius 1 is 1.24 bits per heavy atom. The van der Waals surface area contributed by atoms with Gasteiger partial charge in [-0.3, -0.25) is 4.79 Å². The van der Waals surface area contributed by atoms with Gasteiger partial charge in [0.05, 0.1) is 18.6 Å². The number of hydrogen-bond donors (Lipinski definition) is 1. The molecule has 3 rings (SSSR count). The average molecular weight is 359 g/mol. The van der Waals surface area contributed by atoms with Crippen LogP contribution in [0.1, 0.15) is 11.1 Å². The summed E-state index contributed by atoms with van der Waals surface area (Å²) in [5.41, 5.74) is 1.88. The highest BCUT2D eigenvalue weighted by atomic mass is 32.2. The Morgan fingerprint density at radius 2 is 2.08 bits per heavy atom. The van der Waals surface area contributed by atoms with E-state index in [1.807, 2.05) is 22.9 Å². The van der Waals surface area contributed by atoms with Crippen molar-refractivity contribution in [3.63, 3.8) is 0 Å². The van der Waals surface area contributed by atoms with E-state index in [1.165, 1.54) is 25.3 Å². The minimum atomic E-state index is -3.96. The molecular weight excluding hydrogens is 342 g/mol. The standard InChI is InChI=1S/C18H17NO5S/c1-23-15-3-2-4-16(12-15)25(21,22)19-18(20)8-6-13-5-7-17-14(11-13)9-10-24-17/h2-8,11-12H,9-10H2,1H3,(H,19,20). The molecule has 2 aromatic rings. The molecule has 0 spiro atoms. The molecule has 1 aliphatic heterocycles. The van der Waals surface area contributed by atoms with E-state index in [0.29, 0.717) is 12.4 Å². The molecular formula is C18H17NO5S. The molecule has 6 nitrogen and oxygen atoms in total. The maximum Gasteiger partial charge on any atom is 0.264 e. The first kappa shape index (κ1) is 17.0. The van der Waals surface area contributed by atoms with Crippen LogP contribution in [0, 0.1) is 0 Å². The Labute approximate surface area is 146 Å². The summed E-state index contributed by atoms with van der Waals surface area (Å²) in [6.07, 6.45) is 3.58. The van der Waals surface area contributed by atoms with Crippen LogP contribution in [0.4, 0.5) is 0 Å². The molecule has 7 heteroatoms. The lowest BCUT2D eigenvalue weighted by Gasteiger charge is -2.06. The molecule has 1 amide bonds. The highest BCUT2D eigenvalue weighted by Gasteiger charge is 2.17. The molecule has 0 aromatic heterocycles. The van der Waals surface area contributed by atoms with Crippen LogP contribution in [0.3, 0.4) is 0 Å². The van der Waals surface area contributed by atoms with Crippen LogP contribution in [0.25, 0.3) is 6.08 Å². The number of rotatable bonds is 5. The van der Waals surface area contributed by atoms with Crippen molar-refractivity contribution in [2.75, 3.05) is 13.7 Å². The van der Waals surface area contributed by atoms with Gasteiger partial charge in [0, 0.05) is 18.6 Å². The van der Waals surface area contributed by atoms with E-state index in [-0.39, 0.29) is 4.90 Å². The molecule has 0 bridgehead atoms. The van der Waals surface area contributed by atoms with Crippen molar-refractivity contribution in [1.29, 1.82) is 0 Å². The van der Waals surface area contributed by atoms with E-state index in [4.69, 9.17) is 9.47 Å². The van der Waals surface area contributed by atoms with Crippen LogP contribution in [-0.4, -0.2) is 28.0 Å². The average Bonchev–Trinajstić information content (AvgIpc) is 3.07. The van der Waals surface area contributed by atoms with Crippen LogP contribution < -0.4 is 14.2 Å². The van der Waals surface area contributed by atoms with Gasteiger partial charge in [-0.2, -0.15) is 0 Å². The fourth-order valence-corrected chi connectivity index (χ4v) is 3.46. The van der Waals surface area contributed by atoms with Crippen molar-refractivity contribution in [3.8, 4) is 11.5 Å². The Kier molecular flexibility index (Phi) is 4.76. The van der Waals surface area contributed by atoms with Crippen molar-refractivity contribution in [2.24, 2.45) is 0 Å². The third-order valence-electron chi connectivity index (χ3n) is 3.73. The Morgan fingerprint density at radius 3 is 2.88 bits per heavy atom. The number of benzene rings is 2. The summed E-state index contributed by atoms with van der Waals surface area (Å²) in [4.78, 5) is 11.9. The van der Waals surface area contributed by atoms with Crippen LogP contribution in [0.5, 0.6) is 11.5 Å². The molecule has 0 atom stereocenters. The lowest BCUT2D eigenvalue weighted by Crippen LogP contribution is -2.28. The second kappa shape index (κ2) is 6.98. The van der Waals surface area contributed by atoms with Gasteiger partial charge in [0.2, 0.25) is 0 Å². The number of carbonyl (C=O) groups excluding carboxylic acids is 1. The van der Waals surface area contributed by atoms with Gasteiger partial charge < -0.3 is 9.47 Å². The third kappa shape index (κ3) is 4.00. The van der Waals surface area contributed by atoms with Gasteiger partial charge in [-0.1, -0.05) is 12.1 Å². The van der Waals surface area contributed by atoms with Crippen molar-refractivity contribution in [1.82, 2.24) is 4.72 Å². The summed E-state index contributed by atoms with van der Waals surface area (Å²) in [6.45, 7) is 0.655. The molecule has 0 aliphatic carbocycles. The number of ether oxygens (including phenoxy) is 2. The molecule has 0 unspecified atom stereocenters. The largest absolute Gasteiger partial charge is 0.497 e. The van der Waals surface area contributed by atoms with E-state index in [9.17, 15) is 13.2 Å². The predicted molar refractivity (Wildman–Crippen MR) is 93.0 cm³/mol. The van der Waals surface area contributed by atoms with Crippen molar-refractivity contribution < 1.29 is 22.7 Å². The molecule has 1 N–H and O–H groups in total. The number of methoxy groups -OCH3 is 1. The van der Waals surface area contributed by atoms with Gasteiger partial charge >= 0.3 is 0 Å². The Bertz CT molecular complexity index is 934. The van der Waals surface area contributed by atoms with Gasteiger partial charge in [-0.25, -0.2) is 13.1 Å². The zero-order valence-electron chi connectivity index (χ0n) is 13.6. The minimum absolute atomic E-state index is 0.0386. The van der Waals surface area contributed by atoms with E-state index >= 15 is 0 Å². The molecule has 1 aliphatic rings. The molecule has 0 saturated carbocycles. The second-order valence-corrected chi connectivity index (χ2v) is 7.13. The topological polar surface area (TPSA) is 81.7 Å². The normalized spacial score (nSPS) is 13.3. The van der Waals surface area contributed by atoms with E-state index < -0.39 is 15.9 Å². The van der Waals surface area contributed by atoms with Gasteiger partial charge in [-0.05, 0) is 41.5 Å². The molecule has 0 fully saturated rings. The van der Waals surface area contributed by atoms with Crippen molar-refractivity contribution >= 4 is 22.0 Å². The molecule has 0 saturated heterocycles. The zero-order valence-corrected chi connectivity index (χ0v) is 14.4. The zero-order chi connectivity index (χ0) is 17.9. The molecule has 25 heavy (non-hydrogen) atoms. The van der Waals surface area contributed by atoms with Crippen LogP contribution >= 0.6 is 0 Å². The summed E-state index contributed by atoms with van der Waals surface area (Å²) in [5.74, 6) is 0.521. The van der Waals surface area contributed by atoms with Crippen LogP contribution in [0.2, 0.25) is 0 Å². The number of hydrogen-bond acceptors (Lipinski definition) is 5. The number of nitrogens with one attached hydrogen (secondary N) is 1. The predicted octanol–water partition coefficient (Wildman–Crippen LogP) is 2.15. The molecule has 1 heterocycles. The SMILES string of the molecule is COc1cccc(S(=O)(=O)NC(=O)C=Cc2ccc3c(c2)CCO3)c1. The number of fused-ring (bicyclic) bond motifs is 1. The van der Waals surface area contributed by atoms with Gasteiger partial charge in [0.25, 0.3) is 15.9 Å². The lowest BCUT2D eigenvalue weighted by molar-refractivity contribution is -0.114. The van der Waals surface area contributed by atoms with Crippen molar-refractivity contribution in [3.05, 3.63) is 59.7 Å². The molecule has 2 aromatic carbocycles. The quantitative estimate of drug-likeness (QED) is 0.827. The summed E-state index contributed by atoms with van der Waals surface area (Å²) >= 11 is 0. The fraction of sp³-hybridized carbons (Fsp3) is 0.167. The monoisotopic (exact) mass is 359 g/mol. The molecule has 130 valence electrons. The Hall–Kier alpha value is -2.80. The van der Waals surface area contributed by atoms with Gasteiger partial charge in [0.15, 0.2) is 0 Å². The summed E-state index contributed by atoms with van der Waals surface area (Å²) in [7, 11) is -2.52. The summed E-state index contributed by atoms with van der Waals surface area (Å²) in [6, 6.07) is 11.5. The molecule has 0 radical (unpaired) electrons. The van der Waals surface area contributed by atoms with Crippen LogP contribution in [0.15, 0.2) is 53.4 Å². The van der Waals surface area contributed by atoms with Gasteiger partial charge in [0.1, 0.15) is 11.5 Å². The lowest BCUT2D eigenvalue weighted by atomic mass is 10.1. The third-order valence-corrected chi connectivity index (χ3v) is 5.07. The van der Waals surface area contributed by atoms with Gasteiger partial charge in [-0.15, -0.1) is 0 Å². The second-order valence-electron chi connectivity index (χ2n) is 5.45. The van der Waals surface area contributed by atoms with E-state index in [2.05, 4.69) is 0 Å². The number of amides is 1. The number of carbonyl (C=O) groups is 1. The fourth-order valence-electron chi connectivity index (χ4n) is 2.48. The number of sulfonamides is 1. The van der Waals surface area contributed by atoms with E-state index in [1.54, 1.807) is 18.2 Å². The van der Waals surface area contributed by atoms with Crippen molar-refractivity contribution in [2.45, 2.75) is 11.3 Å². The Balaban J connectivity index is 1.71.